The number of hydrogen-bond donors (Lipinski definition) is 1. The van der Waals surface area contributed by atoms with Gasteiger partial charge < -0.3 is 10.2 Å². The Balaban J connectivity index is 1.71. The largest absolute Gasteiger partial charge is 0.353 e. The molecule has 0 saturated carbocycles. The Labute approximate surface area is 129 Å². The van der Waals surface area contributed by atoms with Crippen molar-refractivity contribution in [3.05, 3.63) is 30.1 Å². The third kappa shape index (κ3) is 3.24. The van der Waals surface area contributed by atoms with Crippen LogP contribution in [0.4, 0.5) is 5.82 Å². The van der Waals surface area contributed by atoms with Gasteiger partial charge in [0.25, 0.3) is 0 Å². The van der Waals surface area contributed by atoms with Gasteiger partial charge in [-0.15, -0.1) is 10.2 Å². The number of carbonyl (C=O) groups excluding carboxylic acids is 1. The zero-order valence-electron chi connectivity index (χ0n) is 12.9. The molecular formula is C15H20N6O. The number of nitrogens with zero attached hydrogens (tertiary/aromatic N) is 5. The molecule has 22 heavy (non-hydrogen) atoms. The van der Waals surface area contributed by atoms with Gasteiger partial charge in [0.15, 0.2) is 11.6 Å². The molecule has 1 amide bonds. The van der Waals surface area contributed by atoms with E-state index >= 15 is 0 Å². The highest BCUT2D eigenvalue weighted by Crippen LogP contribution is 2.18. The van der Waals surface area contributed by atoms with E-state index in [2.05, 4.69) is 25.5 Å². The molecule has 0 spiro atoms. The Bertz CT molecular complexity index is 650. The highest BCUT2D eigenvalue weighted by molar-refractivity contribution is 5.73. The number of aryl methyl sites for hydroxylation is 1. The summed E-state index contributed by atoms with van der Waals surface area (Å²) in [5, 5.41) is 15.8. The first-order chi connectivity index (χ1) is 10.6. The first-order valence-electron chi connectivity index (χ1n) is 7.50. The monoisotopic (exact) mass is 300 g/mol. The Morgan fingerprint density at radius 3 is 2.68 bits per heavy atom. The maximum absolute atomic E-state index is 11.2. The Kier molecular flexibility index (Phi) is 4.04. The van der Waals surface area contributed by atoms with Gasteiger partial charge in [-0.05, 0) is 38.0 Å². The standard InChI is InChI=1S/C15H20N6O/c1-11-7-9-21(19-11)15-6-5-14(17-18-15)20-8-3-4-13(10-20)16-12(2)22/h5-7,9,13H,3-4,8,10H2,1-2H3,(H,16,22). The van der Waals surface area contributed by atoms with Crippen molar-refractivity contribution in [1.82, 2.24) is 25.3 Å². The van der Waals surface area contributed by atoms with Gasteiger partial charge in [0, 0.05) is 32.3 Å². The molecule has 0 aromatic carbocycles. The molecule has 2 aromatic rings. The van der Waals surface area contributed by atoms with E-state index in [1.807, 2.05) is 31.3 Å². The summed E-state index contributed by atoms with van der Waals surface area (Å²) in [5.74, 6) is 1.55. The van der Waals surface area contributed by atoms with E-state index in [0.717, 1.165) is 37.4 Å². The van der Waals surface area contributed by atoms with Crippen molar-refractivity contribution in [2.75, 3.05) is 18.0 Å². The van der Waals surface area contributed by atoms with Crippen LogP contribution in [0.5, 0.6) is 0 Å². The summed E-state index contributed by atoms with van der Waals surface area (Å²) in [7, 11) is 0. The first kappa shape index (κ1) is 14.5. The molecule has 0 aliphatic carbocycles. The molecule has 1 saturated heterocycles. The van der Waals surface area contributed by atoms with E-state index in [4.69, 9.17) is 0 Å². The fraction of sp³-hybridized carbons (Fsp3) is 0.467. The van der Waals surface area contributed by atoms with Gasteiger partial charge in [-0.2, -0.15) is 5.10 Å². The maximum Gasteiger partial charge on any atom is 0.217 e. The van der Waals surface area contributed by atoms with E-state index in [-0.39, 0.29) is 11.9 Å². The fourth-order valence-electron chi connectivity index (χ4n) is 2.74. The van der Waals surface area contributed by atoms with Gasteiger partial charge in [-0.3, -0.25) is 4.79 Å². The molecule has 3 heterocycles. The van der Waals surface area contributed by atoms with Crippen molar-refractivity contribution < 1.29 is 4.79 Å². The van der Waals surface area contributed by atoms with Gasteiger partial charge in [0.05, 0.1) is 5.69 Å². The molecule has 1 aliphatic heterocycles. The predicted molar refractivity (Wildman–Crippen MR) is 82.9 cm³/mol. The van der Waals surface area contributed by atoms with Gasteiger partial charge in [-0.1, -0.05) is 0 Å². The average Bonchev–Trinajstić information content (AvgIpc) is 2.94. The van der Waals surface area contributed by atoms with Crippen LogP contribution >= 0.6 is 0 Å². The van der Waals surface area contributed by atoms with Crippen molar-refractivity contribution in [3.63, 3.8) is 0 Å². The average molecular weight is 300 g/mol. The lowest BCUT2D eigenvalue weighted by molar-refractivity contribution is -0.119. The van der Waals surface area contributed by atoms with Crippen LogP contribution < -0.4 is 10.2 Å². The molecule has 1 aliphatic rings. The number of rotatable bonds is 3. The normalized spacial score (nSPS) is 18.3. The third-order valence-corrected chi connectivity index (χ3v) is 3.75. The fourth-order valence-corrected chi connectivity index (χ4v) is 2.74. The SMILES string of the molecule is CC(=O)NC1CCCN(c2ccc(-n3ccc(C)n3)nn2)C1. The first-order valence-corrected chi connectivity index (χ1v) is 7.50. The van der Waals surface area contributed by atoms with Crippen LogP contribution in [0.15, 0.2) is 24.4 Å². The molecule has 116 valence electrons. The summed E-state index contributed by atoms with van der Waals surface area (Å²) >= 11 is 0. The number of hydrogen-bond acceptors (Lipinski definition) is 5. The van der Waals surface area contributed by atoms with Crippen LogP contribution in [0.3, 0.4) is 0 Å². The summed E-state index contributed by atoms with van der Waals surface area (Å²) in [4.78, 5) is 13.4. The highest BCUT2D eigenvalue weighted by atomic mass is 16.1. The van der Waals surface area contributed by atoms with Crippen LogP contribution in [0.1, 0.15) is 25.5 Å². The zero-order valence-corrected chi connectivity index (χ0v) is 12.9. The van der Waals surface area contributed by atoms with Gasteiger partial charge in [0.1, 0.15) is 0 Å². The number of amides is 1. The maximum atomic E-state index is 11.2. The molecule has 7 nitrogen and oxygen atoms in total. The molecule has 1 fully saturated rings. The summed E-state index contributed by atoms with van der Waals surface area (Å²) in [6.45, 7) is 5.20. The molecule has 1 atom stereocenters. The summed E-state index contributed by atoms with van der Waals surface area (Å²) in [6.07, 6.45) is 3.91. The van der Waals surface area contributed by atoms with E-state index in [1.54, 1.807) is 11.6 Å². The second kappa shape index (κ2) is 6.13. The molecule has 7 heteroatoms. The van der Waals surface area contributed by atoms with E-state index in [0.29, 0.717) is 5.82 Å². The number of aromatic nitrogens is 4. The van der Waals surface area contributed by atoms with Crippen molar-refractivity contribution in [2.45, 2.75) is 32.7 Å². The molecule has 3 rings (SSSR count). The summed E-state index contributed by atoms with van der Waals surface area (Å²) in [6, 6.07) is 5.98. The van der Waals surface area contributed by atoms with Crippen LogP contribution in [-0.4, -0.2) is 45.0 Å². The quantitative estimate of drug-likeness (QED) is 0.918. The van der Waals surface area contributed by atoms with Crippen molar-refractivity contribution in [3.8, 4) is 5.82 Å². The smallest absolute Gasteiger partial charge is 0.217 e. The molecule has 1 N–H and O–H groups in total. The van der Waals surface area contributed by atoms with Crippen molar-refractivity contribution in [2.24, 2.45) is 0 Å². The van der Waals surface area contributed by atoms with E-state index < -0.39 is 0 Å². The van der Waals surface area contributed by atoms with Crippen molar-refractivity contribution in [1.29, 1.82) is 0 Å². The third-order valence-electron chi connectivity index (χ3n) is 3.75. The highest BCUT2D eigenvalue weighted by Gasteiger charge is 2.21. The van der Waals surface area contributed by atoms with E-state index in [1.165, 1.54) is 0 Å². The van der Waals surface area contributed by atoms with Crippen molar-refractivity contribution >= 4 is 11.7 Å². The van der Waals surface area contributed by atoms with E-state index in [9.17, 15) is 4.79 Å². The van der Waals surface area contributed by atoms with Crippen LogP contribution in [-0.2, 0) is 4.79 Å². The minimum Gasteiger partial charge on any atom is -0.353 e. The molecule has 0 radical (unpaired) electrons. The Morgan fingerprint density at radius 2 is 2.05 bits per heavy atom. The minimum absolute atomic E-state index is 0.0161. The zero-order chi connectivity index (χ0) is 15.5. The second-order valence-electron chi connectivity index (χ2n) is 5.64. The summed E-state index contributed by atoms with van der Waals surface area (Å²) in [5.41, 5.74) is 0.944. The van der Waals surface area contributed by atoms with Gasteiger partial charge in [-0.25, -0.2) is 4.68 Å². The number of piperidine rings is 1. The lowest BCUT2D eigenvalue weighted by Gasteiger charge is -2.33. The van der Waals surface area contributed by atoms with Crippen LogP contribution in [0.2, 0.25) is 0 Å². The second-order valence-corrected chi connectivity index (χ2v) is 5.64. The molecular weight excluding hydrogens is 280 g/mol. The predicted octanol–water partition coefficient (Wildman–Crippen LogP) is 1.08. The van der Waals surface area contributed by atoms with Crippen LogP contribution in [0.25, 0.3) is 5.82 Å². The van der Waals surface area contributed by atoms with Crippen LogP contribution in [0, 0.1) is 6.92 Å². The topological polar surface area (TPSA) is 75.9 Å². The molecule has 0 bridgehead atoms. The lowest BCUT2D eigenvalue weighted by Crippen LogP contribution is -2.47. The number of nitrogens with one attached hydrogen (secondary N) is 1. The van der Waals surface area contributed by atoms with Gasteiger partial charge in [0.2, 0.25) is 5.91 Å². The molecule has 2 aromatic heterocycles. The lowest BCUT2D eigenvalue weighted by atomic mass is 10.1. The Hall–Kier alpha value is -2.44. The van der Waals surface area contributed by atoms with Gasteiger partial charge >= 0.3 is 0 Å². The minimum atomic E-state index is 0.0161. The Morgan fingerprint density at radius 1 is 1.27 bits per heavy atom. The molecule has 1 unspecified atom stereocenters. The number of anilines is 1. The summed E-state index contributed by atoms with van der Waals surface area (Å²) < 4.78 is 1.71. The number of carbonyl (C=O) groups is 1.